The van der Waals surface area contributed by atoms with Gasteiger partial charge in [-0.2, -0.15) is 5.10 Å². The first-order valence-electron chi connectivity index (χ1n) is 8.03. The molecule has 1 amide bonds. The number of hydrogen-bond acceptors (Lipinski definition) is 4. The lowest BCUT2D eigenvalue weighted by molar-refractivity contribution is 0.0789. The SMILES string of the molecule is Cc1c(CN(C)C(=O)c2cc(COc3ccccc3)cs2)cnn1C. The summed E-state index contributed by atoms with van der Waals surface area (Å²) in [5, 5.41) is 6.19. The van der Waals surface area contributed by atoms with E-state index >= 15 is 0 Å². The Balaban J connectivity index is 1.61. The van der Waals surface area contributed by atoms with Gasteiger partial charge in [-0.15, -0.1) is 11.3 Å². The third-order valence-corrected chi connectivity index (χ3v) is 5.07. The number of hydrogen-bond donors (Lipinski definition) is 0. The maximum Gasteiger partial charge on any atom is 0.263 e. The highest BCUT2D eigenvalue weighted by Crippen LogP contribution is 2.20. The summed E-state index contributed by atoms with van der Waals surface area (Å²) >= 11 is 1.45. The van der Waals surface area contributed by atoms with Gasteiger partial charge in [0.05, 0.1) is 11.1 Å². The Kier molecular flexibility index (Phi) is 5.19. The van der Waals surface area contributed by atoms with Crippen molar-refractivity contribution in [2.24, 2.45) is 7.05 Å². The maximum absolute atomic E-state index is 12.6. The topological polar surface area (TPSA) is 47.4 Å². The average molecular weight is 355 g/mol. The molecule has 25 heavy (non-hydrogen) atoms. The molecule has 0 radical (unpaired) electrons. The van der Waals surface area contributed by atoms with Crippen LogP contribution in [0, 0.1) is 6.92 Å². The van der Waals surface area contributed by atoms with Crippen LogP contribution in [0.25, 0.3) is 0 Å². The van der Waals surface area contributed by atoms with Crippen molar-refractivity contribution < 1.29 is 9.53 Å². The zero-order valence-electron chi connectivity index (χ0n) is 14.6. The summed E-state index contributed by atoms with van der Waals surface area (Å²) in [7, 11) is 3.72. The molecule has 130 valence electrons. The van der Waals surface area contributed by atoms with Crippen molar-refractivity contribution in [3.8, 4) is 5.75 Å². The van der Waals surface area contributed by atoms with E-state index in [0.717, 1.165) is 27.4 Å². The molecule has 6 heteroatoms. The van der Waals surface area contributed by atoms with E-state index in [9.17, 15) is 4.79 Å². The molecule has 5 nitrogen and oxygen atoms in total. The Morgan fingerprint density at radius 2 is 2.08 bits per heavy atom. The monoisotopic (exact) mass is 355 g/mol. The third-order valence-electron chi connectivity index (χ3n) is 4.10. The molecule has 0 bridgehead atoms. The van der Waals surface area contributed by atoms with Gasteiger partial charge in [-0.3, -0.25) is 9.48 Å². The highest BCUT2D eigenvalue weighted by Gasteiger charge is 2.16. The fourth-order valence-corrected chi connectivity index (χ4v) is 3.35. The van der Waals surface area contributed by atoms with Crippen LogP contribution < -0.4 is 4.74 Å². The van der Waals surface area contributed by atoms with Gasteiger partial charge in [0.15, 0.2) is 0 Å². The number of carbonyl (C=O) groups is 1. The van der Waals surface area contributed by atoms with E-state index < -0.39 is 0 Å². The molecule has 1 aromatic carbocycles. The molecule has 0 N–H and O–H groups in total. The van der Waals surface area contributed by atoms with Crippen LogP contribution in [0.4, 0.5) is 0 Å². The summed E-state index contributed by atoms with van der Waals surface area (Å²) in [4.78, 5) is 15.1. The van der Waals surface area contributed by atoms with Gasteiger partial charge in [0, 0.05) is 37.5 Å². The van der Waals surface area contributed by atoms with Gasteiger partial charge < -0.3 is 9.64 Å². The van der Waals surface area contributed by atoms with Crippen molar-refractivity contribution in [1.29, 1.82) is 0 Å². The second kappa shape index (κ2) is 7.53. The van der Waals surface area contributed by atoms with Crippen LogP contribution in [-0.2, 0) is 20.2 Å². The highest BCUT2D eigenvalue weighted by molar-refractivity contribution is 7.12. The number of carbonyl (C=O) groups excluding carboxylic acids is 1. The second-order valence-electron chi connectivity index (χ2n) is 5.96. The molecule has 0 atom stereocenters. The van der Waals surface area contributed by atoms with Crippen molar-refractivity contribution in [2.75, 3.05) is 7.05 Å². The number of benzene rings is 1. The molecule has 2 heterocycles. The standard InChI is InChI=1S/C19H21N3O2S/c1-14-16(10-20-22(14)3)11-21(2)19(23)18-9-15(13-25-18)12-24-17-7-5-4-6-8-17/h4-10,13H,11-12H2,1-3H3. The Hall–Kier alpha value is -2.60. The zero-order chi connectivity index (χ0) is 17.8. The van der Waals surface area contributed by atoms with Crippen molar-refractivity contribution in [1.82, 2.24) is 14.7 Å². The number of rotatable bonds is 6. The Bertz CT molecular complexity index is 855. The fourth-order valence-electron chi connectivity index (χ4n) is 2.46. The third kappa shape index (κ3) is 4.09. The van der Waals surface area contributed by atoms with E-state index in [1.807, 2.05) is 73.7 Å². The van der Waals surface area contributed by atoms with Crippen LogP contribution in [0.5, 0.6) is 5.75 Å². The average Bonchev–Trinajstić information content (AvgIpc) is 3.22. The molecule has 0 saturated carbocycles. The minimum Gasteiger partial charge on any atom is -0.489 e. The summed E-state index contributed by atoms with van der Waals surface area (Å²) in [6, 6.07) is 11.6. The predicted octanol–water partition coefficient (Wildman–Crippen LogP) is 3.64. The lowest BCUT2D eigenvalue weighted by Crippen LogP contribution is -2.25. The van der Waals surface area contributed by atoms with Crippen molar-refractivity contribution in [3.05, 3.63) is 69.7 Å². The Morgan fingerprint density at radius 1 is 1.32 bits per heavy atom. The lowest BCUT2D eigenvalue weighted by Gasteiger charge is -2.15. The molecular weight excluding hydrogens is 334 g/mol. The van der Waals surface area contributed by atoms with Gasteiger partial charge in [-0.25, -0.2) is 0 Å². The summed E-state index contributed by atoms with van der Waals surface area (Å²) < 4.78 is 7.55. The van der Waals surface area contributed by atoms with Crippen LogP contribution in [-0.4, -0.2) is 27.6 Å². The van der Waals surface area contributed by atoms with E-state index in [0.29, 0.717) is 13.2 Å². The number of para-hydroxylation sites is 1. The molecule has 3 rings (SSSR count). The summed E-state index contributed by atoms with van der Waals surface area (Å²) in [6.07, 6.45) is 1.81. The number of nitrogens with zero attached hydrogens (tertiary/aromatic N) is 3. The number of aryl methyl sites for hydroxylation is 1. The van der Waals surface area contributed by atoms with Gasteiger partial charge in [0.1, 0.15) is 12.4 Å². The van der Waals surface area contributed by atoms with Gasteiger partial charge in [0.2, 0.25) is 0 Å². The summed E-state index contributed by atoms with van der Waals surface area (Å²) in [6.45, 7) is 3.01. The van der Waals surface area contributed by atoms with Crippen LogP contribution in [0.1, 0.15) is 26.5 Å². The minimum absolute atomic E-state index is 0.0132. The van der Waals surface area contributed by atoms with Gasteiger partial charge in [-0.05, 0) is 30.5 Å². The van der Waals surface area contributed by atoms with Crippen molar-refractivity contribution >= 4 is 17.2 Å². The van der Waals surface area contributed by atoms with E-state index in [2.05, 4.69) is 5.10 Å². The largest absolute Gasteiger partial charge is 0.489 e. The molecule has 3 aromatic rings. The molecule has 0 aliphatic carbocycles. The normalized spacial score (nSPS) is 10.7. The number of ether oxygens (including phenoxy) is 1. The van der Waals surface area contributed by atoms with Crippen LogP contribution in [0.2, 0.25) is 0 Å². The number of amides is 1. The van der Waals surface area contributed by atoms with Crippen molar-refractivity contribution in [3.63, 3.8) is 0 Å². The first-order valence-corrected chi connectivity index (χ1v) is 8.90. The minimum atomic E-state index is 0.0132. The highest BCUT2D eigenvalue weighted by atomic mass is 32.1. The molecule has 0 spiro atoms. The first kappa shape index (κ1) is 17.2. The summed E-state index contributed by atoms with van der Waals surface area (Å²) in [5.41, 5.74) is 3.13. The smallest absolute Gasteiger partial charge is 0.263 e. The van der Waals surface area contributed by atoms with Crippen LogP contribution in [0.3, 0.4) is 0 Å². The van der Waals surface area contributed by atoms with E-state index in [1.54, 1.807) is 4.90 Å². The zero-order valence-corrected chi connectivity index (χ0v) is 15.4. The molecule has 2 aromatic heterocycles. The molecule has 0 fully saturated rings. The maximum atomic E-state index is 12.6. The first-order chi connectivity index (χ1) is 12.0. The van der Waals surface area contributed by atoms with E-state index in [1.165, 1.54) is 11.3 Å². The Labute approximate surface area is 151 Å². The molecule has 0 aliphatic rings. The molecule has 0 aliphatic heterocycles. The summed E-state index contributed by atoms with van der Waals surface area (Å²) in [5.74, 6) is 0.838. The van der Waals surface area contributed by atoms with Gasteiger partial charge >= 0.3 is 0 Å². The van der Waals surface area contributed by atoms with E-state index in [4.69, 9.17) is 4.74 Å². The number of thiophene rings is 1. The number of aromatic nitrogens is 2. The molecule has 0 saturated heterocycles. The molecule has 0 unspecified atom stereocenters. The lowest BCUT2D eigenvalue weighted by atomic mass is 10.2. The van der Waals surface area contributed by atoms with Crippen LogP contribution >= 0.6 is 11.3 Å². The fraction of sp³-hybridized carbons (Fsp3) is 0.263. The quantitative estimate of drug-likeness (QED) is 0.678. The Morgan fingerprint density at radius 3 is 2.76 bits per heavy atom. The van der Waals surface area contributed by atoms with Crippen LogP contribution in [0.15, 0.2) is 48.0 Å². The second-order valence-corrected chi connectivity index (χ2v) is 6.87. The van der Waals surface area contributed by atoms with Gasteiger partial charge in [0.25, 0.3) is 5.91 Å². The van der Waals surface area contributed by atoms with Gasteiger partial charge in [-0.1, -0.05) is 18.2 Å². The van der Waals surface area contributed by atoms with Crippen molar-refractivity contribution in [2.45, 2.75) is 20.1 Å². The predicted molar refractivity (Wildman–Crippen MR) is 98.8 cm³/mol. The van der Waals surface area contributed by atoms with E-state index in [-0.39, 0.29) is 5.91 Å². The molecular formula is C19H21N3O2S.